The molecule has 6 nitrogen and oxygen atoms in total. The van der Waals surface area contributed by atoms with Gasteiger partial charge in [0.1, 0.15) is 0 Å². The zero-order valence-corrected chi connectivity index (χ0v) is 27.5. The average Bonchev–Trinajstić information content (AvgIpc) is 3.05. The molecule has 0 aliphatic rings. The number of aliphatic hydroxyl groups excluding tert-OH is 2. The first kappa shape index (κ1) is 34.0. The molecule has 2 heterocycles. The van der Waals surface area contributed by atoms with E-state index in [1.165, 1.54) is 0 Å². The summed E-state index contributed by atoms with van der Waals surface area (Å²) in [5.41, 5.74) is 4.89. The lowest BCUT2D eigenvalue weighted by Crippen LogP contribution is -2.31. The summed E-state index contributed by atoms with van der Waals surface area (Å²) in [5, 5.41) is 25.3. The number of rotatable bonds is 19. The summed E-state index contributed by atoms with van der Waals surface area (Å²) >= 11 is 0. The first-order valence-electron chi connectivity index (χ1n) is 17.1. The first-order valence-corrected chi connectivity index (χ1v) is 17.1. The summed E-state index contributed by atoms with van der Waals surface area (Å²) in [6.07, 6.45) is 7.75. The largest absolute Gasteiger partial charge is 0.387 e. The molecule has 4 aromatic rings. The first-order chi connectivity index (χ1) is 21.5. The van der Waals surface area contributed by atoms with Crippen LogP contribution in [0.15, 0.2) is 60.7 Å². The number of aromatic nitrogens is 2. The van der Waals surface area contributed by atoms with Crippen molar-refractivity contribution >= 4 is 21.8 Å². The summed E-state index contributed by atoms with van der Waals surface area (Å²) in [6.45, 7) is 14.0. The minimum atomic E-state index is -0.647. The molecule has 0 fully saturated rings. The second kappa shape index (κ2) is 17.6. The number of unbranched alkanes of at least 4 members (excludes halogenated alkanes) is 4. The van der Waals surface area contributed by atoms with Gasteiger partial charge in [-0.3, -0.25) is 0 Å². The highest BCUT2D eigenvalue weighted by Gasteiger charge is 2.21. The molecule has 0 aliphatic carbocycles. The van der Waals surface area contributed by atoms with Crippen molar-refractivity contribution in [2.45, 2.75) is 91.3 Å². The van der Waals surface area contributed by atoms with Gasteiger partial charge in [-0.1, -0.05) is 89.8 Å². The van der Waals surface area contributed by atoms with Crippen molar-refractivity contribution in [1.82, 2.24) is 19.8 Å². The predicted molar refractivity (Wildman–Crippen MR) is 185 cm³/mol. The lowest BCUT2D eigenvalue weighted by Gasteiger charge is -2.26. The van der Waals surface area contributed by atoms with Crippen LogP contribution in [-0.2, 0) is 0 Å². The Hall–Kier alpha value is -2.90. The number of pyridine rings is 2. The summed E-state index contributed by atoms with van der Waals surface area (Å²) < 4.78 is 0. The lowest BCUT2D eigenvalue weighted by atomic mass is 9.98. The highest BCUT2D eigenvalue weighted by Crippen LogP contribution is 2.33. The third kappa shape index (κ3) is 9.07. The topological polar surface area (TPSA) is 72.7 Å². The smallest absolute Gasteiger partial charge is 0.0924 e. The molecule has 4 rings (SSSR count). The Morgan fingerprint density at radius 1 is 0.545 bits per heavy atom. The molecule has 0 unspecified atom stereocenters. The van der Waals surface area contributed by atoms with Gasteiger partial charge in [0.15, 0.2) is 0 Å². The number of hydrogen-bond donors (Lipinski definition) is 2. The number of benzene rings is 2. The molecule has 238 valence electrons. The standard InChI is InChI=1S/C38H54N4O2/c1-5-9-21-41(22-10-6-2)27-37(43)31-25-35(39-33-19-15-13-17-29(31)33)36-26-32(30-18-14-16-20-34(30)40-36)38(44)28-42(23-11-7-3)24-12-8-4/h13-20,25-26,37-38,43-44H,5-12,21-24,27-28H2,1-4H3/t37-,38-/m1/s1. The van der Waals surface area contributed by atoms with Gasteiger partial charge in [0.25, 0.3) is 0 Å². The van der Waals surface area contributed by atoms with Gasteiger partial charge in [-0.05, 0) is 87.3 Å². The molecule has 0 saturated carbocycles. The lowest BCUT2D eigenvalue weighted by molar-refractivity contribution is 0.112. The maximum absolute atomic E-state index is 11.7. The fourth-order valence-corrected chi connectivity index (χ4v) is 6.02. The molecule has 0 bridgehead atoms. The van der Waals surface area contributed by atoms with Gasteiger partial charge in [0.05, 0.1) is 34.6 Å². The molecule has 0 spiro atoms. The molecule has 2 N–H and O–H groups in total. The van der Waals surface area contributed by atoms with Gasteiger partial charge in [-0.15, -0.1) is 0 Å². The average molecular weight is 599 g/mol. The fourth-order valence-electron chi connectivity index (χ4n) is 6.02. The van der Waals surface area contributed by atoms with Crippen molar-refractivity contribution in [2.24, 2.45) is 0 Å². The number of para-hydroxylation sites is 2. The van der Waals surface area contributed by atoms with Crippen LogP contribution in [0, 0.1) is 0 Å². The van der Waals surface area contributed by atoms with Crippen LogP contribution in [0.3, 0.4) is 0 Å². The Bertz CT molecular complexity index is 1320. The highest BCUT2D eigenvalue weighted by atomic mass is 16.3. The molecular formula is C38H54N4O2. The van der Waals surface area contributed by atoms with Crippen molar-refractivity contribution < 1.29 is 10.2 Å². The van der Waals surface area contributed by atoms with E-state index in [4.69, 9.17) is 9.97 Å². The van der Waals surface area contributed by atoms with Gasteiger partial charge >= 0.3 is 0 Å². The summed E-state index contributed by atoms with van der Waals surface area (Å²) in [5.74, 6) is 0. The fraction of sp³-hybridized carbons (Fsp3) is 0.526. The highest BCUT2D eigenvalue weighted by molar-refractivity contribution is 5.88. The van der Waals surface area contributed by atoms with Crippen molar-refractivity contribution in [2.75, 3.05) is 39.3 Å². The number of hydrogen-bond acceptors (Lipinski definition) is 6. The molecule has 6 heteroatoms. The van der Waals surface area contributed by atoms with Crippen LogP contribution < -0.4 is 0 Å². The van der Waals surface area contributed by atoms with E-state index in [9.17, 15) is 10.2 Å². The quantitative estimate of drug-likeness (QED) is 0.113. The predicted octanol–water partition coefficient (Wildman–Crippen LogP) is 8.32. The second-order valence-corrected chi connectivity index (χ2v) is 12.3. The minimum absolute atomic E-state index is 0.591. The van der Waals surface area contributed by atoms with Crippen LogP contribution in [0.5, 0.6) is 0 Å². The van der Waals surface area contributed by atoms with E-state index < -0.39 is 12.2 Å². The third-order valence-corrected chi connectivity index (χ3v) is 8.65. The van der Waals surface area contributed by atoms with Gasteiger partial charge in [0, 0.05) is 23.9 Å². The second-order valence-electron chi connectivity index (χ2n) is 12.3. The van der Waals surface area contributed by atoms with Crippen LogP contribution in [0.25, 0.3) is 33.2 Å². The van der Waals surface area contributed by atoms with E-state index in [0.717, 1.165) is 122 Å². The van der Waals surface area contributed by atoms with Crippen molar-refractivity contribution in [1.29, 1.82) is 0 Å². The van der Waals surface area contributed by atoms with Gasteiger partial charge in [0.2, 0.25) is 0 Å². The zero-order valence-electron chi connectivity index (χ0n) is 27.5. The maximum atomic E-state index is 11.7. The summed E-state index contributed by atoms with van der Waals surface area (Å²) in [6, 6.07) is 20.2. The summed E-state index contributed by atoms with van der Waals surface area (Å²) in [4.78, 5) is 14.9. The Morgan fingerprint density at radius 3 is 1.23 bits per heavy atom. The molecular weight excluding hydrogens is 544 g/mol. The molecule has 44 heavy (non-hydrogen) atoms. The Kier molecular flexibility index (Phi) is 13.6. The molecule has 2 atom stereocenters. The molecule has 2 aromatic heterocycles. The van der Waals surface area contributed by atoms with E-state index in [1.54, 1.807) is 0 Å². The third-order valence-electron chi connectivity index (χ3n) is 8.65. The van der Waals surface area contributed by atoms with E-state index in [1.807, 2.05) is 48.5 Å². The van der Waals surface area contributed by atoms with Gasteiger partial charge < -0.3 is 20.0 Å². The number of nitrogens with zero attached hydrogens (tertiary/aromatic N) is 4. The monoisotopic (exact) mass is 598 g/mol. The number of fused-ring (bicyclic) bond motifs is 2. The number of aliphatic hydroxyl groups is 2. The zero-order chi connectivity index (χ0) is 31.3. The molecule has 0 aliphatic heterocycles. The van der Waals surface area contributed by atoms with Crippen LogP contribution in [0.1, 0.15) is 102 Å². The van der Waals surface area contributed by atoms with Crippen molar-refractivity contribution in [3.8, 4) is 11.4 Å². The van der Waals surface area contributed by atoms with Crippen molar-refractivity contribution in [3.63, 3.8) is 0 Å². The molecule has 0 amide bonds. The van der Waals surface area contributed by atoms with Crippen LogP contribution >= 0.6 is 0 Å². The van der Waals surface area contributed by atoms with Gasteiger partial charge in [-0.2, -0.15) is 0 Å². The van der Waals surface area contributed by atoms with Crippen LogP contribution in [0.2, 0.25) is 0 Å². The Labute approximate surface area is 265 Å². The van der Waals surface area contributed by atoms with E-state index in [-0.39, 0.29) is 0 Å². The van der Waals surface area contributed by atoms with E-state index in [2.05, 4.69) is 49.6 Å². The van der Waals surface area contributed by atoms with Crippen molar-refractivity contribution in [3.05, 3.63) is 71.8 Å². The normalized spacial score (nSPS) is 13.4. The maximum Gasteiger partial charge on any atom is 0.0924 e. The Balaban J connectivity index is 1.74. The van der Waals surface area contributed by atoms with E-state index >= 15 is 0 Å². The Morgan fingerprint density at radius 2 is 0.886 bits per heavy atom. The van der Waals surface area contributed by atoms with Crippen LogP contribution in [0.4, 0.5) is 0 Å². The van der Waals surface area contributed by atoms with Crippen LogP contribution in [-0.4, -0.2) is 69.2 Å². The summed E-state index contributed by atoms with van der Waals surface area (Å²) in [7, 11) is 0. The minimum Gasteiger partial charge on any atom is -0.387 e. The van der Waals surface area contributed by atoms with E-state index in [0.29, 0.717) is 13.1 Å². The molecule has 0 saturated heterocycles. The van der Waals surface area contributed by atoms with Gasteiger partial charge in [-0.25, -0.2) is 9.97 Å². The SMILES string of the molecule is CCCCN(CCCC)C[C@@H](O)c1cc(-c2cc([C@H](O)CN(CCCC)CCCC)c3ccccc3n2)nc2ccccc12. The molecule has 2 aromatic carbocycles. The molecule has 0 radical (unpaired) electrons.